The van der Waals surface area contributed by atoms with Gasteiger partial charge in [0.25, 0.3) is 0 Å². The Labute approximate surface area is 789 Å². The monoisotopic (exact) mass is 2000 g/mol. The van der Waals surface area contributed by atoms with E-state index in [1.807, 2.05) is 37.2 Å². The zero-order chi connectivity index (χ0) is 105. The predicted octanol–water partition coefficient (Wildman–Crippen LogP) is -16.6. The van der Waals surface area contributed by atoms with E-state index in [1.165, 1.54) is 25.6 Å². The average molecular weight is 2000 g/mol. The minimum Gasteiger partial charge on any atom is -0.481 e. The summed E-state index contributed by atoms with van der Waals surface area (Å²) in [6, 6.07) is -33.1. The van der Waals surface area contributed by atoms with E-state index >= 15 is 0 Å². The summed E-state index contributed by atoms with van der Waals surface area (Å²) in [5.41, 5.74) is 11.2. The SMILES string of the molecule is CSCC[C@H](N)C(=O)N[C@@H](CC(=O)O)C(=O)N[C@@H](CO)C(=O)N[C@@H](CC(N)=O)C(=O)N[C@@H](CC(C)C)C(=O)NCC(=O)N[C@@H](CCC(=O)O)C(=O)N[C@@H](C)C(=O)N[C@@H](C)C(=O)N[C@@H](CO)C(=O)NCC(=O)N[C@@H](CS)C(=O)N[C@@H](CCC(=O)O)C(=O)N[C@@H](CO)C(=O)N[C@@H](CCC(=O)O)C(=O)N[C@H](C(=O)N[C@@H](CO)C(=O)N[C@H](C(=O)N[C@@H](CO)C(=O)N[C@@H](CCC(=O)O)C(=O)O)C(C)C)[C@@H](C)O. The van der Waals surface area contributed by atoms with E-state index in [2.05, 4.69) is 76.4 Å². The number of carbonyl (C=O) groups is 26. The summed E-state index contributed by atoms with van der Waals surface area (Å²) >= 11 is 5.35. The number of aliphatic carboxylic acids is 6. The van der Waals surface area contributed by atoms with Gasteiger partial charge in [-0.3, -0.25) is 120 Å². The van der Waals surface area contributed by atoms with Crippen LogP contribution in [-0.4, -0.2) is 394 Å². The molecule has 0 heterocycles. The van der Waals surface area contributed by atoms with Crippen molar-refractivity contribution in [3.63, 3.8) is 0 Å². The Morgan fingerprint density at radius 3 is 0.971 bits per heavy atom. The van der Waals surface area contributed by atoms with Crippen LogP contribution in [0, 0.1) is 11.8 Å². The van der Waals surface area contributed by atoms with Crippen molar-refractivity contribution in [2.24, 2.45) is 23.3 Å². The van der Waals surface area contributed by atoms with Crippen molar-refractivity contribution < 1.29 is 186 Å². The minimum atomic E-state index is -2.17. The molecule has 0 saturated carbocycles. The van der Waals surface area contributed by atoms with E-state index in [-0.39, 0.29) is 12.8 Å². The second-order valence-electron chi connectivity index (χ2n) is 31.2. The molecule has 19 atom stereocenters. The molecule has 0 rings (SSSR count). The smallest absolute Gasteiger partial charge is 0.326 e. The van der Waals surface area contributed by atoms with Crippen LogP contribution in [0.3, 0.4) is 0 Å². The number of nitrogens with two attached hydrogens (primary N) is 2. The third kappa shape index (κ3) is 48.1. The zero-order valence-corrected chi connectivity index (χ0v) is 77.2. The summed E-state index contributed by atoms with van der Waals surface area (Å²) in [7, 11) is 0. The van der Waals surface area contributed by atoms with E-state index < -0.39 is 397 Å². The van der Waals surface area contributed by atoms with Crippen molar-refractivity contribution >= 4 is 178 Å². The third-order valence-electron chi connectivity index (χ3n) is 19.1. The van der Waals surface area contributed by atoms with Gasteiger partial charge < -0.3 is 174 Å². The maximum absolute atomic E-state index is 13.8. The van der Waals surface area contributed by atoms with Gasteiger partial charge in [0.2, 0.25) is 118 Å². The zero-order valence-electron chi connectivity index (χ0n) is 75.5. The second-order valence-corrected chi connectivity index (χ2v) is 32.6. The average Bonchev–Trinajstić information content (AvgIpc) is 0.834. The molecule has 0 aromatic heterocycles. The van der Waals surface area contributed by atoms with E-state index in [1.54, 1.807) is 20.1 Å². The fourth-order valence-electron chi connectivity index (χ4n) is 11.5. The number of primary amides is 1. The quantitative estimate of drug-likeness (QED) is 0.0251. The molecular weight excluding hydrogens is 1880 g/mol. The van der Waals surface area contributed by atoms with Crippen molar-refractivity contribution in [1.29, 1.82) is 0 Å². The summed E-state index contributed by atoms with van der Waals surface area (Å²) in [6.07, 6.45) is -8.57. The Bertz CT molecular complexity index is 4270. The highest BCUT2D eigenvalue weighted by Gasteiger charge is 2.41. The van der Waals surface area contributed by atoms with Crippen molar-refractivity contribution in [2.75, 3.05) is 63.9 Å². The standard InChI is InChI=1S/C76H123N21O38S2/c1-30(2)19-40(89-67(125)41(20-49(78)104)90-71(129)45(26-100)93-68(126)42(21-56(115)116)88-61(119)35(77)17-18-137-8)62(120)79-22-50(105)83-36(9-13-52(107)108)64(122)82-32(5)59(117)81-33(6)60(118)91-43(24-98)63(121)80-23-51(106)84-48(29-136)73(131)86-37(10-14-53(109)110)65(123)92-44(25-99)69(127)85-38(11-15-54(111)112)66(124)97-58(34(7)103)75(133)95-47(28-102)72(130)96-57(31(3)4)74(132)94-46(27-101)70(128)87-39(76(134)135)12-16-55(113)114/h30-48,57-58,98-103,136H,9-29,77H2,1-8H3,(H2,78,104)(H,79,120)(H,80,121)(H,81,117)(H,82,122)(H,83,105)(H,84,106)(H,85,127)(H,86,131)(H,87,128)(H,88,119)(H,89,125)(H,90,129)(H,91,118)(H,92,123)(H,93,126)(H,94,132)(H,95,133)(H,96,130)(H,97,124)(H,107,108)(H,109,110)(H,111,112)(H,113,114)(H,115,116)(H,134,135)/t32-,33-,34+,35-,36-,37-,38-,39-,40-,41-,42-,43-,44-,45-,46-,47-,48-,57-,58-/m0/s1. The molecule has 0 bridgehead atoms. The maximum Gasteiger partial charge on any atom is 0.326 e. The summed E-state index contributed by atoms with van der Waals surface area (Å²) in [6.45, 7) is 0.657. The number of carboxylic acids is 6. The topological polar surface area (TPSA) is 967 Å². The first-order chi connectivity index (χ1) is 64.0. The van der Waals surface area contributed by atoms with Gasteiger partial charge in [0.1, 0.15) is 103 Å². The number of rotatable bonds is 68. The van der Waals surface area contributed by atoms with Crippen LogP contribution in [0.4, 0.5) is 0 Å². The highest BCUT2D eigenvalue weighted by atomic mass is 32.2. The number of thioether (sulfide) groups is 1. The van der Waals surface area contributed by atoms with E-state index in [0.717, 1.165) is 20.8 Å². The normalized spacial score (nSPS) is 15.2. The van der Waals surface area contributed by atoms with Crippen LogP contribution in [0.2, 0.25) is 0 Å². The molecule has 0 unspecified atom stereocenters. The molecule has 0 aromatic rings. The second kappa shape index (κ2) is 63.8. The number of aliphatic hydroxyl groups excluding tert-OH is 6. The molecule has 137 heavy (non-hydrogen) atoms. The van der Waals surface area contributed by atoms with Crippen LogP contribution in [0.15, 0.2) is 0 Å². The summed E-state index contributed by atoms with van der Waals surface area (Å²) < 4.78 is 0. The molecule has 61 heteroatoms. The Balaban J connectivity index is 6.24. The summed E-state index contributed by atoms with van der Waals surface area (Å²) in [5, 5.41) is 157. The van der Waals surface area contributed by atoms with Crippen molar-refractivity contribution in [2.45, 2.75) is 240 Å². The highest BCUT2D eigenvalue weighted by molar-refractivity contribution is 7.98. The van der Waals surface area contributed by atoms with Crippen LogP contribution in [0.5, 0.6) is 0 Å². The lowest BCUT2D eigenvalue weighted by Gasteiger charge is -2.28. The summed E-state index contributed by atoms with van der Waals surface area (Å²) in [5.74, 6) is -36.2. The van der Waals surface area contributed by atoms with Crippen LogP contribution in [0.1, 0.15) is 126 Å². The van der Waals surface area contributed by atoms with Crippen molar-refractivity contribution in [1.82, 2.24) is 101 Å². The molecule has 0 aliphatic carbocycles. The van der Waals surface area contributed by atoms with Gasteiger partial charge in [-0.2, -0.15) is 24.4 Å². The Hall–Kier alpha value is -13.4. The van der Waals surface area contributed by atoms with Gasteiger partial charge in [0.15, 0.2) is 0 Å². The molecular formula is C76H123N21O38S2. The lowest BCUT2D eigenvalue weighted by molar-refractivity contribution is -0.144. The van der Waals surface area contributed by atoms with Gasteiger partial charge >= 0.3 is 35.8 Å². The number of aliphatic hydroxyl groups is 6. The molecule has 0 saturated heterocycles. The van der Waals surface area contributed by atoms with Crippen LogP contribution >= 0.6 is 24.4 Å². The van der Waals surface area contributed by atoms with E-state index in [4.69, 9.17) is 16.6 Å². The summed E-state index contributed by atoms with van der Waals surface area (Å²) in [4.78, 5) is 337. The Morgan fingerprint density at radius 1 is 0.307 bits per heavy atom. The molecule has 0 radical (unpaired) electrons. The largest absolute Gasteiger partial charge is 0.481 e. The van der Waals surface area contributed by atoms with Gasteiger partial charge in [-0.1, -0.05) is 27.7 Å². The molecule has 772 valence electrons. The van der Waals surface area contributed by atoms with Gasteiger partial charge in [-0.15, -0.1) is 0 Å². The van der Waals surface area contributed by atoms with Gasteiger partial charge in [0.05, 0.1) is 71.1 Å². The van der Waals surface area contributed by atoms with Gasteiger partial charge in [-0.05, 0) is 83.1 Å². The van der Waals surface area contributed by atoms with E-state index in [9.17, 15) is 181 Å². The number of hydrogen-bond acceptors (Lipinski definition) is 35. The lowest BCUT2D eigenvalue weighted by atomic mass is 10.0. The first-order valence-electron chi connectivity index (χ1n) is 41.8. The minimum absolute atomic E-state index is 0.127. The van der Waals surface area contributed by atoms with Crippen molar-refractivity contribution in [3.8, 4) is 0 Å². The molecule has 20 amide bonds. The maximum atomic E-state index is 13.8. The Kier molecular flexibility index (Phi) is 57.6. The van der Waals surface area contributed by atoms with Crippen molar-refractivity contribution in [3.05, 3.63) is 0 Å². The molecule has 0 aliphatic heterocycles. The Morgan fingerprint density at radius 2 is 0.591 bits per heavy atom. The molecule has 0 aromatic carbocycles. The first kappa shape index (κ1) is 124. The number of amides is 20. The van der Waals surface area contributed by atoms with Gasteiger partial charge in [0, 0.05) is 31.4 Å². The highest BCUT2D eigenvalue weighted by Crippen LogP contribution is 2.13. The van der Waals surface area contributed by atoms with Crippen LogP contribution < -0.4 is 112 Å². The van der Waals surface area contributed by atoms with Crippen LogP contribution in [-0.2, 0) is 125 Å². The molecule has 0 spiro atoms. The fourth-order valence-corrected chi connectivity index (χ4v) is 12.2. The number of carboxylic acid groups (broad SMARTS) is 6. The third-order valence-corrected chi connectivity index (χ3v) is 20.1. The lowest BCUT2D eigenvalue weighted by Crippen LogP contribution is -2.63. The fraction of sp³-hybridized carbons (Fsp3) is 0.658. The number of hydrogen-bond donors (Lipinski definition) is 34. The molecule has 0 aliphatic rings. The molecule has 59 nitrogen and oxygen atoms in total. The van der Waals surface area contributed by atoms with Gasteiger partial charge in [-0.25, -0.2) is 4.79 Å². The number of carbonyl (C=O) groups excluding carboxylic acids is 20. The van der Waals surface area contributed by atoms with E-state index in [0.29, 0.717) is 5.75 Å². The number of nitrogens with one attached hydrogen (secondary N) is 19. The van der Waals surface area contributed by atoms with Crippen LogP contribution in [0.25, 0.3) is 0 Å². The molecule has 35 N–H and O–H groups in total. The number of thiol groups is 1. The predicted molar refractivity (Wildman–Crippen MR) is 468 cm³/mol. The molecule has 0 fully saturated rings. The first-order valence-corrected chi connectivity index (χ1v) is 43.9.